The van der Waals surface area contributed by atoms with Crippen LogP contribution in [0.15, 0.2) is 36.5 Å². The molecule has 2 aliphatic heterocycles. The number of carbonyl (C=O) groups is 1. The van der Waals surface area contributed by atoms with Gasteiger partial charge in [-0.1, -0.05) is 18.2 Å². The Bertz CT molecular complexity index is 816. The number of carbonyl (C=O) groups excluding carboxylic acids is 1. The van der Waals surface area contributed by atoms with Crippen LogP contribution in [0.3, 0.4) is 0 Å². The summed E-state index contributed by atoms with van der Waals surface area (Å²) in [6, 6.07) is 8.08. The van der Waals surface area contributed by atoms with Crippen molar-refractivity contribution >= 4 is 11.9 Å². The number of piperidine rings is 1. The Morgan fingerprint density at radius 2 is 1.93 bits per heavy atom. The highest BCUT2D eigenvalue weighted by molar-refractivity contribution is 5.92. The lowest BCUT2D eigenvalue weighted by Gasteiger charge is -2.37. The van der Waals surface area contributed by atoms with Gasteiger partial charge in [0, 0.05) is 44.2 Å². The molecule has 1 N–H and O–H groups in total. The molecule has 142 valence electrons. The van der Waals surface area contributed by atoms with Crippen LogP contribution in [0.1, 0.15) is 28.9 Å². The van der Waals surface area contributed by atoms with E-state index in [1.807, 2.05) is 0 Å². The molecule has 3 heterocycles. The number of benzene rings is 1. The monoisotopic (exact) mass is 372 g/mol. The number of amides is 1. The zero-order valence-corrected chi connectivity index (χ0v) is 14.9. The average molecular weight is 372 g/mol. The molecule has 7 nitrogen and oxygen atoms in total. The molecule has 0 aliphatic carbocycles. The van der Waals surface area contributed by atoms with E-state index in [1.54, 1.807) is 29.2 Å². The smallest absolute Gasteiger partial charge is 0.272 e. The van der Waals surface area contributed by atoms with Crippen LogP contribution in [-0.2, 0) is 16.0 Å². The maximum atomic E-state index is 13.7. The quantitative estimate of drug-likeness (QED) is 0.887. The van der Waals surface area contributed by atoms with E-state index < -0.39 is 5.79 Å². The number of aromatic nitrogens is 2. The molecule has 2 aliphatic rings. The highest BCUT2D eigenvalue weighted by Crippen LogP contribution is 2.31. The van der Waals surface area contributed by atoms with E-state index in [2.05, 4.69) is 15.3 Å². The van der Waals surface area contributed by atoms with Gasteiger partial charge < -0.3 is 19.7 Å². The van der Waals surface area contributed by atoms with E-state index in [0.717, 1.165) is 0 Å². The maximum Gasteiger partial charge on any atom is 0.272 e. The SMILES string of the molecule is O=C(c1ccnc(NCc2ccccc2F)n1)N1CCC2(CC1)OCCO2. The summed E-state index contributed by atoms with van der Waals surface area (Å²) in [5.74, 6) is -0.676. The third-order valence-electron chi connectivity index (χ3n) is 4.90. The standard InChI is InChI=1S/C19H21FN4O3/c20-15-4-2-1-3-14(15)13-22-18-21-8-5-16(23-18)17(25)24-9-6-19(7-10-24)26-11-12-27-19/h1-5,8H,6-7,9-13H2,(H,21,22,23). The summed E-state index contributed by atoms with van der Waals surface area (Å²) in [7, 11) is 0. The third-order valence-corrected chi connectivity index (χ3v) is 4.90. The first-order valence-electron chi connectivity index (χ1n) is 9.03. The zero-order chi connectivity index (χ0) is 18.7. The fourth-order valence-electron chi connectivity index (χ4n) is 3.38. The maximum absolute atomic E-state index is 13.7. The summed E-state index contributed by atoms with van der Waals surface area (Å²) in [6.45, 7) is 2.57. The van der Waals surface area contributed by atoms with Gasteiger partial charge in [0.25, 0.3) is 5.91 Å². The summed E-state index contributed by atoms with van der Waals surface area (Å²) in [5.41, 5.74) is 0.820. The third kappa shape index (κ3) is 3.91. The summed E-state index contributed by atoms with van der Waals surface area (Å²) in [5, 5.41) is 2.97. The number of ether oxygens (including phenoxy) is 2. The Morgan fingerprint density at radius 1 is 1.19 bits per heavy atom. The van der Waals surface area contributed by atoms with E-state index in [0.29, 0.717) is 56.4 Å². The fourth-order valence-corrected chi connectivity index (χ4v) is 3.38. The lowest BCUT2D eigenvalue weighted by molar-refractivity contribution is -0.181. The highest BCUT2D eigenvalue weighted by Gasteiger charge is 2.41. The van der Waals surface area contributed by atoms with Crippen molar-refractivity contribution in [2.75, 3.05) is 31.6 Å². The number of hydrogen-bond acceptors (Lipinski definition) is 6. The number of anilines is 1. The molecule has 2 fully saturated rings. The molecule has 0 unspecified atom stereocenters. The summed E-state index contributed by atoms with van der Waals surface area (Å²) >= 11 is 0. The number of hydrogen-bond donors (Lipinski definition) is 1. The number of likely N-dealkylation sites (tertiary alicyclic amines) is 1. The summed E-state index contributed by atoms with van der Waals surface area (Å²) in [4.78, 5) is 22.9. The Kier molecular flexibility index (Phi) is 5.00. The molecular weight excluding hydrogens is 351 g/mol. The van der Waals surface area contributed by atoms with Gasteiger partial charge in [-0.15, -0.1) is 0 Å². The number of rotatable bonds is 4. The molecular formula is C19H21FN4O3. The average Bonchev–Trinajstić information content (AvgIpc) is 3.16. The van der Waals surface area contributed by atoms with E-state index >= 15 is 0 Å². The molecule has 1 aromatic heterocycles. The topological polar surface area (TPSA) is 76.6 Å². The summed E-state index contributed by atoms with van der Waals surface area (Å²) in [6.07, 6.45) is 2.84. The van der Waals surface area contributed by atoms with E-state index in [-0.39, 0.29) is 18.3 Å². The van der Waals surface area contributed by atoms with Crippen LogP contribution in [0.5, 0.6) is 0 Å². The van der Waals surface area contributed by atoms with Gasteiger partial charge >= 0.3 is 0 Å². The van der Waals surface area contributed by atoms with E-state index in [4.69, 9.17) is 9.47 Å². The van der Waals surface area contributed by atoms with Crippen molar-refractivity contribution < 1.29 is 18.7 Å². The first-order valence-corrected chi connectivity index (χ1v) is 9.03. The first-order chi connectivity index (χ1) is 13.2. The first kappa shape index (κ1) is 17.8. The lowest BCUT2D eigenvalue weighted by atomic mass is 10.0. The van der Waals surface area contributed by atoms with Crippen LogP contribution >= 0.6 is 0 Å². The number of nitrogens with one attached hydrogen (secondary N) is 1. The minimum atomic E-state index is -0.519. The minimum Gasteiger partial charge on any atom is -0.350 e. The van der Waals surface area contributed by atoms with Crippen molar-refractivity contribution in [1.82, 2.24) is 14.9 Å². The molecule has 0 saturated carbocycles. The Balaban J connectivity index is 1.38. The van der Waals surface area contributed by atoms with E-state index in [1.165, 1.54) is 12.3 Å². The van der Waals surface area contributed by atoms with Gasteiger partial charge in [-0.25, -0.2) is 14.4 Å². The van der Waals surface area contributed by atoms with Gasteiger partial charge in [0.1, 0.15) is 11.5 Å². The van der Waals surface area contributed by atoms with Crippen molar-refractivity contribution in [3.05, 3.63) is 53.6 Å². The molecule has 27 heavy (non-hydrogen) atoms. The van der Waals surface area contributed by atoms with Gasteiger partial charge in [0.15, 0.2) is 5.79 Å². The molecule has 0 atom stereocenters. The second-order valence-corrected chi connectivity index (χ2v) is 6.61. The molecule has 4 rings (SSSR count). The fraction of sp³-hybridized carbons (Fsp3) is 0.421. The van der Waals surface area contributed by atoms with Crippen LogP contribution in [0.25, 0.3) is 0 Å². The van der Waals surface area contributed by atoms with E-state index in [9.17, 15) is 9.18 Å². The molecule has 2 saturated heterocycles. The highest BCUT2D eigenvalue weighted by atomic mass is 19.1. The van der Waals surface area contributed by atoms with Crippen LogP contribution in [0, 0.1) is 5.82 Å². The van der Waals surface area contributed by atoms with Crippen molar-refractivity contribution in [1.29, 1.82) is 0 Å². The lowest BCUT2D eigenvalue weighted by Crippen LogP contribution is -2.47. The zero-order valence-electron chi connectivity index (χ0n) is 14.9. The van der Waals surface area contributed by atoms with Crippen molar-refractivity contribution in [2.45, 2.75) is 25.2 Å². The minimum absolute atomic E-state index is 0.154. The van der Waals surface area contributed by atoms with Crippen molar-refractivity contribution in [3.8, 4) is 0 Å². The van der Waals surface area contributed by atoms with Crippen LogP contribution in [0.4, 0.5) is 10.3 Å². The normalized spacial score (nSPS) is 18.6. The largest absolute Gasteiger partial charge is 0.350 e. The Hall–Kier alpha value is -2.58. The van der Waals surface area contributed by atoms with Gasteiger partial charge in [-0.05, 0) is 12.1 Å². The van der Waals surface area contributed by atoms with Gasteiger partial charge in [-0.2, -0.15) is 0 Å². The van der Waals surface area contributed by atoms with Crippen molar-refractivity contribution in [2.24, 2.45) is 0 Å². The van der Waals surface area contributed by atoms with Gasteiger partial charge in [-0.3, -0.25) is 4.79 Å². The second-order valence-electron chi connectivity index (χ2n) is 6.61. The molecule has 8 heteroatoms. The number of nitrogens with zero attached hydrogens (tertiary/aromatic N) is 3. The molecule has 1 amide bonds. The Labute approximate surface area is 156 Å². The molecule has 2 aromatic rings. The van der Waals surface area contributed by atoms with Crippen LogP contribution in [-0.4, -0.2) is 52.9 Å². The van der Waals surface area contributed by atoms with Crippen LogP contribution < -0.4 is 5.32 Å². The molecule has 1 aromatic carbocycles. The van der Waals surface area contributed by atoms with Gasteiger partial charge in [0.05, 0.1) is 13.2 Å². The number of halogens is 1. The summed E-state index contributed by atoms with van der Waals surface area (Å²) < 4.78 is 25.1. The molecule has 1 spiro atoms. The van der Waals surface area contributed by atoms with Crippen molar-refractivity contribution in [3.63, 3.8) is 0 Å². The van der Waals surface area contributed by atoms with Crippen LogP contribution in [0.2, 0.25) is 0 Å². The predicted molar refractivity (Wildman–Crippen MR) is 95.5 cm³/mol. The predicted octanol–water partition coefficient (Wildman–Crippen LogP) is 2.21. The molecule has 0 bridgehead atoms. The molecule has 0 radical (unpaired) electrons. The van der Waals surface area contributed by atoms with Gasteiger partial charge in [0.2, 0.25) is 5.95 Å². The Morgan fingerprint density at radius 3 is 2.67 bits per heavy atom. The second kappa shape index (κ2) is 7.58.